The molecule has 1 N–H and O–H groups in total. The zero-order valence-electron chi connectivity index (χ0n) is 14.2. The van der Waals surface area contributed by atoms with Gasteiger partial charge in [-0.05, 0) is 55.2 Å². The fourth-order valence-corrected chi connectivity index (χ4v) is 2.36. The number of benzene rings is 2. The van der Waals surface area contributed by atoms with Crippen molar-refractivity contribution in [2.24, 2.45) is 0 Å². The number of nitriles is 1. The Labute approximate surface area is 143 Å². The maximum absolute atomic E-state index is 12.4. The molecule has 0 saturated carbocycles. The van der Waals surface area contributed by atoms with E-state index in [0.717, 1.165) is 17.7 Å². The van der Waals surface area contributed by atoms with Crippen LogP contribution in [0.2, 0.25) is 0 Å². The number of nitrogens with zero attached hydrogens (tertiary/aromatic N) is 1. The van der Waals surface area contributed by atoms with Crippen LogP contribution in [0.4, 0.5) is 5.69 Å². The molecule has 0 heterocycles. The van der Waals surface area contributed by atoms with E-state index in [2.05, 4.69) is 25.2 Å². The van der Waals surface area contributed by atoms with Gasteiger partial charge >= 0.3 is 0 Å². The lowest BCUT2D eigenvalue weighted by Crippen LogP contribution is -2.30. The number of amides is 1. The van der Waals surface area contributed by atoms with E-state index in [0.29, 0.717) is 17.2 Å². The van der Waals surface area contributed by atoms with Crippen LogP contribution in [0, 0.1) is 11.3 Å². The highest BCUT2D eigenvalue weighted by Gasteiger charge is 2.17. The average Bonchev–Trinajstić information content (AvgIpc) is 2.62. The standard InChI is InChI=1S/C20H22N2O2/c1-4-14(2)18-7-5-6-8-19(18)22-20(23)15(3)24-17-11-9-16(13-21)10-12-17/h5-12,14-15H,4H2,1-3H3,(H,22,23)/t14-,15+/m0/s1. The van der Waals surface area contributed by atoms with Crippen molar-refractivity contribution >= 4 is 11.6 Å². The number of carbonyl (C=O) groups excluding carboxylic acids is 1. The zero-order chi connectivity index (χ0) is 17.5. The second-order valence-electron chi connectivity index (χ2n) is 5.78. The topological polar surface area (TPSA) is 62.1 Å². The lowest BCUT2D eigenvalue weighted by atomic mass is 9.97. The second-order valence-corrected chi connectivity index (χ2v) is 5.78. The number of rotatable bonds is 6. The highest BCUT2D eigenvalue weighted by atomic mass is 16.5. The molecule has 2 aromatic carbocycles. The van der Waals surface area contributed by atoms with Gasteiger partial charge in [-0.1, -0.05) is 32.0 Å². The first-order valence-corrected chi connectivity index (χ1v) is 8.11. The van der Waals surface area contributed by atoms with Crippen molar-refractivity contribution in [3.05, 3.63) is 59.7 Å². The predicted molar refractivity (Wildman–Crippen MR) is 95.0 cm³/mol. The van der Waals surface area contributed by atoms with Crippen molar-refractivity contribution in [2.45, 2.75) is 39.2 Å². The normalized spacial score (nSPS) is 12.8. The van der Waals surface area contributed by atoms with Gasteiger partial charge in [-0.3, -0.25) is 4.79 Å². The first-order valence-electron chi connectivity index (χ1n) is 8.11. The fraction of sp³-hybridized carbons (Fsp3) is 0.300. The number of para-hydroxylation sites is 1. The molecule has 2 rings (SSSR count). The molecule has 0 saturated heterocycles. The van der Waals surface area contributed by atoms with Crippen molar-refractivity contribution in [3.8, 4) is 11.8 Å². The van der Waals surface area contributed by atoms with Crippen LogP contribution in [-0.4, -0.2) is 12.0 Å². The molecule has 2 aromatic rings. The minimum absolute atomic E-state index is 0.199. The van der Waals surface area contributed by atoms with Gasteiger partial charge in [0.15, 0.2) is 6.10 Å². The van der Waals surface area contributed by atoms with E-state index in [9.17, 15) is 4.79 Å². The second kappa shape index (κ2) is 8.16. The predicted octanol–water partition coefficient (Wildman–Crippen LogP) is 4.48. The minimum Gasteiger partial charge on any atom is -0.481 e. The van der Waals surface area contributed by atoms with Crippen LogP contribution in [0.1, 0.15) is 44.2 Å². The highest BCUT2D eigenvalue weighted by Crippen LogP contribution is 2.26. The summed E-state index contributed by atoms with van der Waals surface area (Å²) in [4.78, 5) is 12.4. The first kappa shape index (κ1) is 17.6. The summed E-state index contributed by atoms with van der Waals surface area (Å²) in [7, 11) is 0. The monoisotopic (exact) mass is 322 g/mol. The molecular formula is C20H22N2O2. The van der Waals surface area contributed by atoms with Gasteiger partial charge < -0.3 is 10.1 Å². The molecule has 1 amide bonds. The van der Waals surface area contributed by atoms with Gasteiger partial charge in [-0.2, -0.15) is 5.26 Å². The number of nitrogens with one attached hydrogen (secondary N) is 1. The van der Waals surface area contributed by atoms with Crippen LogP contribution in [0.25, 0.3) is 0 Å². The van der Waals surface area contributed by atoms with Crippen LogP contribution >= 0.6 is 0 Å². The Balaban J connectivity index is 2.05. The number of ether oxygens (including phenoxy) is 1. The maximum atomic E-state index is 12.4. The van der Waals surface area contributed by atoms with Gasteiger partial charge in [0, 0.05) is 5.69 Å². The lowest BCUT2D eigenvalue weighted by Gasteiger charge is -2.18. The average molecular weight is 322 g/mol. The van der Waals surface area contributed by atoms with Crippen molar-refractivity contribution in [1.82, 2.24) is 0 Å². The van der Waals surface area contributed by atoms with Gasteiger partial charge in [0.2, 0.25) is 0 Å². The third kappa shape index (κ3) is 4.36. The molecule has 124 valence electrons. The first-order chi connectivity index (χ1) is 11.5. The number of hydrogen-bond donors (Lipinski definition) is 1. The molecule has 0 spiro atoms. The Hall–Kier alpha value is -2.80. The molecule has 0 aromatic heterocycles. The molecule has 4 nitrogen and oxygen atoms in total. The molecule has 0 fully saturated rings. The summed E-state index contributed by atoms with van der Waals surface area (Å²) in [5, 5.41) is 11.8. The summed E-state index contributed by atoms with van der Waals surface area (Å²) >= 11 is 0. The molecular weight excluding hydrogens is 300 g/mol. The van der Waals surface area contributed by atoms with E-state index in [-0.39, 0.29) is 5.91 Å². The van der Waals surface area contributed by atoms with Crippen molar-refractivity contribution in [1.29, 1.82) is 5.26 Å². The van der Waals surface area contributed by atoms with Crippen molar-refractivity contribution in [2.75, 3.05) is 5.32 Å². The molecule has 0 aliphatic heterocycles. The third-order valence-corrected chi connectivity index (χ3v) is 4.03. The summed E-state index contributed by atoms with van der Waals surface area (Å²) < 4.78 is 5.65. The Morgan fingerprint density at radius 1 is 1.17 bits per heavy atom. The number of anilines is 1. The summed E-state index contributed by atoms with van der Waals surface area (Å²) in [6, 6.07) is 16.6. The van der Waals surface area contributed by atoms with Gasteiger partial charge in [-0.25, -0.2) is 0 Å². The van der Waals surface area contributed by atoms with Gasteiger partial charge in [0.25, 0.3) is 5.91 Å². The summed E-state index contributed by atoms with van der Waals surface area (Å²) in [5.41, 5.74) is 2.51. The molecule has 4 heteroatoms. The summed E-state index contributed by atoms with van der Waals surface area (Å²) in [5.74, 6) is 0.734. The van der Waals surface area contributed by atoms with Gasteiger partial charge in [-0.15, -0.1) is 0 Å². The van der Waals surface area contributed by atoms with Gasteiger partial charge in [0.1, 0.15) is 5.75 Å². The largest absolute Gasteiger partial charge is 0.481 e. The Bertz CT molecular complexity index is 732. The molecule has 0 aliphatic carbocycles. The Morgan fingerprint density at radius 3 is 2.46 bits per heavy atom. The van der Waals surface area contributed by atoms with E-state index in [1.54, 1.807) is 31.2 Å². The van der Waals surface area contributed by atoms with Gasteiger partial charge in [0.05, 0.1) is 11.6 Å². The lowest BCUT2D eigenvalue weighted by molar-refractivity contribution is -0.122. The molecule has 2 atom stereocenters. The molecule has 0 radical (unpaired) electrons. The van der Waals surface area contributed by atoms with E-state index < -0.39 is 6.10 Å². The van der Waals surface area contributed by atoms with Crippen LogP contribution in [0.5, 0.6) is 5.75 Å². The van der Waals surface area contributed by atoms with Crippen LogP contribution < -0.4 is 10.1 Å². The summed E-state index contributed by atoms with van der Waals surface area (Å²) in [6.07, 6.45) is 0.368. The third-order valence-electron chi connectivity index (χ3n) is 4.03. The van der Waals surface area contributed by atoms with Crippen LogP contribution in [0.15, 0.2) is 48.5 Å². The molecule has 24 heavy (non-hydrogen) atoms. The van der Waals surface area contributed by atoms with E-state index >= 15 is 0 Å². The van der Waals surface area contributed by atoms with Crippen molar-refractivity contribution in [3.63, 3.8) is 0 Å². The molecule has 0 unspecified atom stereocenters. The van der Waals surface area contributed by atoms with E-state index in [4.69, 9.17) is 10.00 Å². The number of carbonyl (C=O) groups is 1. The Morgan fingerprint density at radius 2 is 1.83 bits per heavy atom. The quantitative estimate of drug-likeness (QED) is 0.853. The summed E-state index contributed by atoms with van der Waals surface area (Å²) in [6.45, 7) is 5.97. The minimum atomic E-state index is -0.636. The fourth-order valence-electron chi connectivity index (χ4n) is 2.36. The smallest absolute Gasteiger partial charge is 0.265 e. The zero-order valence-corrected chi connectivity index (χ0v) is 14.2. The number of hydrogen-bond acceptors (Lipinski definition) is 3. The van der Waals surface area contributed by atoms with Crippen LogP contribution in [0.3, 0.4) is 0 Å². The van der Waals surface area contributed by atoms with E-state index in [1.165, 1.54) is 0 Å². The SMILES string of the molecule is CC[C@H](C)c1ccccc1NC(=O)[C@@H](C)Oc1ccc(C#N)cc1. The molecule has 0 bridgehead atoms. The Kier molecular flexibility index (Phi) is 5.97. The van der Waals surface area contributed by atoms with Crippen molar-refractivity contribution < 1.29 is 9.53 Å². The maximum Gasteiger partial charge on any atom is 0.265 e. The van der Waals surface area contributed by atoms with Crippen LogP contribution in [-0.2, 0) is 4.79 Å². The van der Waals surface area contributed by atoms with E-state index in [1.807, 2.05) is 24.3 Å². The highest BCUT2D eigenvalue weighted by molar-refractivity contribution is 5.94. The molecule has 0 aliphatic rings.